The molecule has 0 saturated heterocycles. The van der Waals surface area contributed by atoms with Crippen molar-refractivity contribution in [1.29, 1.82) is 0 Å². The first-order valence-corrected chi connectivity index (χ1v) is 7.33. The molecule has 0 aromatic heterocycles. The summed E-state index contributed by atoms with van der Waals surface area (Å²) in [4.78, 5) is 11.9. The van der Waals surface area contributed by atoms with Gasteiger partial charge in [-0.25, -0.2) is 4.79 Å². The average molecular weight is 250 g/mol. The Balaban J connectivity index is 2.18. The van der Waals surface area contributed by atoms with Gasteiger partial charge in [-0.1, -0.05) is 32.8 Å². The number of ether oxygens (including phenoxy) is 1. The molecule has 2 rings (SSSR count). The number of hydrogen-bond donors (Lipinski definition) is 0. The molecule has 0 spiro atoms. The number of carbonyl (C=O) groups excluding carboxylic acids is 1. The second-order valence-corrected chi connectivity index (χ2v) is 6.57. The second kappa shape index (κ2) is 5.07. The fraction of sp³-hybridized carbons (Fsp3) is 0.812. The van der Waals surface area contributed by atoms with E-state index in [9.17, 15) is 4.79 Å². The maximum absolute atomic E-state index is 11.9. The molecule has 0 radical (unpaired) electrons. The van der Waals surface area contributed by atoms with Gasteiger partial charge in [-0.15, -0.1) is 0 Å². The number of esters is 1. The molecule has 2 nitrogen and oxygen atoms in total. The predicted octanol–water partition coefficient (Wildman–Crippen LogP) is 4.10. The largest absolute Gasteiger partial charge is 0.456 e. The lowest BCUT2D eigenvalue weighted by molar-refractivity contribution is -0.173. The lowest BCUT2D eigenvalue weighted by Gasteiger charge is -2.50. The second-order valence-electron chi connectivity index (χ2n) is 6.57. The van der Waals surface area contributed by atoms with E-state index in [2.05, 4.69) is 20.4 Å². The summed E-state index contributed by atoms with van der Waals surface area (Å²) in [5.74, 6) is 1.76. The zero-order chi connectivity index (χ0) is 13.3. The van der Waals surface area contributed by atoms with Gasteiger partial charge in [-0.2, -0.15) is 0 Å². The van der Waals surface area contributed by atoms with Crippen LogP contribution in [0.1, 0.15) is 59.3 Å². The normalized spacial score (nSPS) is 39.8. The summed E-state index contributed by atoms with van der Waals surface area (Å²) in [6, 6.07) is 0. The number of carbonyl (C=O) groups is 1. The molecule has 2 heteroatoms. The predicted molar refractivity (Wildman–Crippen MR) is 73.2 cm³/mol. The molecular formula is C16H26O2. The molecule has 0 heterocycles. The van der Waals surface area contributed by atoms with Gasteiger partial charge in [0, 0.05) is 11.5 Å². The van der Waals surface area contributed by atoms with E-state index in [1.54, 1.807) is 6.92 Å². The summed E-state index contributed by atoms with van der Waals surface area (Å²) in [5.41, 5.74) is 0.250. The molecule has 2 aliphatic carbocycles. The maximum Gasteiger partial charge on any atom is 0.333 e. The van der Waals surface area contributed by atoms with Crippen LogP contribution in [0.3, 0.4) is 0 Å². The Labute approximate surface area is 111 Å². The third-order valence-electron chi connectivity index (χ3n) is 4.98. The number of rotatable bonds is 2. The third-order valence-corrected chi connectivity index (χ3v) is 4.98. The summed E-state index contributed by atoms with van der Waals surface area (Å²) >= 11 is 0. The van der Waals surface area contributed by atoms with Gasteiger partial charge in [0.05, 0.1) is 0 Å². The topological polar surface area (TPSA) is 26.3 Å². The van der Waals surface area contributed by atoms with Crippen molar-refractivity contribution in [2.24, 2.45) is 17.8 Å². The monoisotopic (exact) mass is 250 g/mol. The molecule has 0 bridgehead atoms. The molecule has 2 saturated carbocycles. The van der Waals surface area contributed by atoms with Crippen molar-refractivity contribution in [3.05, 3.63) is 12.2 Å². The van der Waals surface area contributed by atoms with Crippen molar-refractivity contribution < 1.29 is 9.53 Å². The van der Waals surface area contributed by atoms with Crippen LogP contribution in [0.5, 0.6) is 0 Å². The molecule has 0 aromatic carbocycles. The van der Waals surface area contributed by atoms with Crippen LogP contribution in [-0.4, -0.2) is 11.6 Å². The van der Waals surface area contributed by atoms with Crippen LogP contribution in [0.25, 0.3) is 0 Å². The molecule has 2 aliphatic rings. The molecule has 0 N–H and O–H groups in total. The van der Waals surface area contributed by atoms with E-state index in [1.165, 1.54) is 32.1 Å². The van der Waals surface area contributed by atoms with Crippen molar-refractivity contribution in [3.8, 4) is 0 Å². The fourth-order valence-corrected chi connectivity index (χ4v) is 4.25. The van der Waals surface area contributed by atoms with Crippen molar-refractivity contribution in [2.45, 2.75) is 64.9 Å². The highest BCUT2D eigenvalue weighted by Crippen LogP contribution is 2.50. The van der Waals surface area contributed by atoms with E-state index in [0.29, 0.717) is 17.4 Å². The van der Waals surface area contributed by atoms with Crippen molar-refractivity contribution >= 4 is 5.97 Å². The van der Waals surface area contributed by atoms with Crippen LogP contribution in [0.2, 0.25) is 0 Å². The first-order valence-electron chi connectivity index (χ1n) is 7.33. The van der Waals surface area contributed by atoms with Crippen LogP contribution < -0.4 is 0 Å². The third kappa shape index (κ3) is 2.48. The van der Waals surface area contributed by atoms with E-state index in [1.807, 2.05) is 0 Å². The average Bonchev–Trinajstić information content (AvgIpc) is 2.28. The van der Waals surface area contributed by atoms with Gasteiger partial charge in [0.25, 0.3) is 0 Å². The zero-order valence-electron chi connectivity index (χ0n) is 12.0. The highest BCUT2D eigenvalue weighted by Gasteiger charge is 2.48. The zero-order valence-corrected chi connectivity index (χ0v) is 12.0. The lowest BCUT2D eigenvalue weighted by Crippen LogP contribution is -2.50. The smallest absolute Gasteiger partial charge is 0.333 e. The molecule has 2 fully saturated rings. The minimum Gasteiger partial charge on any atom is -0.456 e. The summed E-state index contributed by atoms with van der Waals surface area (Å²) in [5, 5.41) is 0. The van der Waals surface area contributed by atoms with E-state index in [4.69, 9.17) is 4.74 Å². The van der Waals surface area contributed by atoms with Crippen LogP contribution >= 0.6 is 0 Å². The summed E-state index contributed by atoms with van der Waals surface area (Å²) in [6.45, 7) is 9.91. The molecule has 4 atom stereocenters. The van der Waals surface area contributed by atoms with Crippen LogP contribution in [0.15, 0.2) is 12.2 Å². The van der Waals surface area contributed by atoms with Crippen LogP contribution in [0.4, 0.5) is 0 Å². The van der Waals surface area contributed by atoms with E-state index in [-0.39, 0.29) is 11.6 Å². The van der Waals surface area contributed by atoms with Gasteiger partial charge in [-0.3, -0.25) is 0 Å². The van der Waals surface area contributed by atoms with Crippen molar-refractivity contribution in [2.75, 3.05) is 0 Å². The Morgan fingerprint density at radius 1 is 1.28 bits per heavy atom. The van der Waals surface area contributed by atoms with Gasteiger partial charge >= 0.3 is 5.97 Å². The fourth-order valence-electron chi connectivity index (χ4n) is 4.25. The molecule has 18 heavy (non-hydrogen) atoms. The summed E-state index contributed by atoms with van der Waals surface area (Å²) in [7, 11) is 0. The van der Waals surface area contributed by atoms with Gasteiger partial charge in [0.2, 0.25) is 0 Å². The van der Waals surface area contributed by atoms with E-state index < -0.39 is 0 Å². The van der Waals surface area contributed by atoms with E-state index in [0.717, 1.165) is 12.3 Å². The van der Waals surface area contributed by atoms with E-state index >= 15 is 0 Å². The minimum absolute atomic E-state index is 0.212. The highest BCUT2D eigenvalue weighted by molar-refractivity contribution is 5.87. The van der Waals surface area contributed by atoms with Gasteiger partial charge < -0.3 is 4.74 Å². The molecule has 4 unspecified atom stereocenters. The SMILES string of the molecule is C=C(C)C(=O)OC1(C)CCCC2CCCC(C)C21. The molecule has 0 aliphatic heterocycles. The summed E-state index contributed by atoms with van der Waals surface area (Å²) < 4.78 is 5.84. The Morgan fingerprint density at radius 3 is 2.61 bits per heavy atom. The van der Waals surface area contributed by atoms with Crippen LogP contribution in [0, 0.1) is 17.8 Å². The van der Waals surface area contributed by atoms with Gasteiger partial charge in [0.15, 0.2) is 0 Å². The number of fused-ring (bicyclic) bond motifs is 1. The molecule has 0 amide bonds. The van der Waals surface area contributed by atoms with Crippen molar-refractivity contribution in [3.63, 3.8) is 0 Å². The first-order chi connectivity index (χ1) is 8.44. The minimum atomic E-state index is -0.265. The molecule has 0 aromatic rings. The van der Waals surface area contributed by atoms with Gasteiger partial charge in [0.1, 0.15) is 5.60 Å². The van der Waals surface area contributed by atoms with Crippen LogP contribution in [-0.2, 0) is 9.53 Å². The quantitative estimate of drug-likeness (QED) is 0.545. The Hall–Kier alpha value is -0.790. The first kappa shape index (κ1) is 13.6. The lowest BCUT2D eigenvalue weighted by atomic mass is 9.59. The highest BCUT2D eigenvalue weighted by atomic mass is 16.6. The number of hydrogen-bond acceptors (Lipinski definition) is 2. The van der Waals surface area contributed by atoms with Gasteiger partial charge in [-0.05, 0) is 44.9 Å². The summed E-state index contributed by atoms with van der Waals surface area (Å²) in [6.07, 6.45) is 7.45. The Kier molecular flexibility index (Phi) is 3.84. The maximum atomic E-state index is 11.9. The molecular weight excluding hydrogens is 224 g/mol. The standard InChI is InChI=1S/C16H26O2/c1-11(2)15(17)18-16(4)10-6-9-13-8-5-7-12(3)14(13)16/h12-14H,1,5-10H2,2-4H3. The molecule has 102 valence electrons. The Morgan fingerprint density at radius 2 is 1.94 bits per heavy atom. The Bertz CT molecular complexity index is 345. The van der Waals surface area contributed by atoms with Crippen molar-refractivity contribution in [1.82, 2.24) is 0 Å².